The fourth-order valence-corrected chi connectivity index (χ4v) is 6.60. The molecule has 6 unspecified atom stereocenters. The molecule has 22 heavy (non-hydrogen) atoms. The fraction of sp³-hybridized carbons (Fsp3) is 0.889. The van der Waals surface area contributed by atoms with Gasteiger partial charge in [-0.05, 0) is 37.5 Å². The van der Waals surface area contributed by atoms with Crippen LogP contribution in [0.15, 0.2) is 0 Å². The first-order chi connectivity index (χ1) is 10.4. The van der Waals surface area contributed by atoms with Crippen molar-refractivity contribution in [3.8, 4) is 0 Å². The Morgan fingerprint density at radius 2 is 1.91 bits per heavy atom. The van der Waals surface area contributed by atoms with Gasteiger partial charge in [-0.1, -0.05) is 20.3 Å². The molecule has 0 aromatic carbocycles. The third kappa shape index (κ3) is 1.20. The number of esters is 1. The van der Waals surface area contributed by atoms with Crippen LogP contribution in [0.5, 0.6) is 0 Å². The number of epoxide rings is 1. The van der Waals surface area contributed by atoms with Gasteiger partial charge in [-0.2, -0.15) is 0 Å². The molecule has 0 aromatic heterocycles. The van der Waals surface area contributed by atoms with Gasteiger partial charge in [0, 0.05) is 24.2 Å². The second-order valence-corrected chi connectivity index (χ2v) is 8.83. The van der Waals surface area contributed by atoms with Crippen molar-refractivity contribution in [2.24, 2.45) is 22.7 Å². The highest BCUT2D eigenvalue weighted by molar-refractivity contribution is 5.88. The van der Waals surface area contributed by atoms with Gasteiger partial charge in [0.1, 0.15) is 11.4 Å². The number of rotatable bonds is 0. The third-order valence-corrected chi connectivity index (χ3v) is 8.02. The molecule has 4 nitrogen and oxygen atoms in total. The van der Waals surface area contributed by atoms with Crippen molar-refractivity contribution in [2.45, 2.75) is 76.6 Å². The van der Waals surface area contributed by atoms with E-state index in [0.29, 0.717) is 18.8 Å². The van der Waals surface area contributed by atoms with E-state index in [1.54, 1.807) is 0 Å². The quantitative estimate of drug-likeness (QED) is 0.510. The normalized spacial score (nSPS) is 59.0. The smallest absolute Gasteiger partial charge is 0.312 e. The molecule has 3 aliphatic carbocycles. The average molecular weight is 304 g/mol. The summed E-state index contributed by atoms with van der Waals surface area (Å²) in [5.41, 5.74) is -0.276. The summed E-state index contributed by atoms with van der Waals surface area (Å²) >= 11 is 0. The molecule has 2 saturated heterocycles. The lowest BCUT2D eigenvalue weighted by atomic mass is 9.51. The first-order valence-corrected chi connectivity index (χ1v) is 8.82. The second-order valence-electron chi connectivity index (χ2n) is 8.83. The van der Waals surface area contributed by atoms with Crippen LogP contribution >= 0.6 is 0 Å². The molecule has 4 heteroatoms. The first-order valence-electron chi connectivity index (χ1n) is 8.82. The Labute approximate surface area is 130 Å². The van der Waals surface area contributed by atoms with E-state index in [4.69, 9.17) is 9.47 Å². The standard InChI is InChI=1S/C18H24O4/c1-15-6-3-4-13(15)18-17(22-18,9-8-15)16(2)7-5-11(19)10-12(16)14(20)21-18/h12-13H,3-10H2,1-2H3. The molecule has 3 saturated carbocycles. The lowest BCUT2D eigenvalue weighted by Gasteiger charge is -2.53. The molecule has 0 radical (unpaired) electrons. The molecule has 6 atom stereocenters. The predicted octanol–water partition coefficient (Wildman–Crippen LogP) is 2.98. The predicted molar refractivity (Wildman–Crippen MR) is 77.8 cm³/mol. The molecule has 5 fully saturated rings. The highest BCUT2D eigenvalue weighted by Crippen LogP contribution is 2.78. The number of ketones is 1. The largest absolute Gasteiger partial charge is 0.429 e. The summed E-state index contributed by atoms with van der Waals surface area (Å²) in [5, 5.41) is 0. The van der Waals surface area contributed by atoms with Crippen molar-refractivity contribution in [3.63, 3.8) is 0 Å². The van der Waals surface area contributed by atoms with E-state index in [1.165, 1.54) is 12.8 Å². The summed E-state index contributed by atoms with van der Waals surface area (Å²) in [5.74, 6) is -0.604. The van der Waals surface area contributed by atoms with Crippen LogP contribution in [0, 0.1) is 22.7 Å². The van der Waals surface area contributed by atoms with Crippen molar-refractivity contribution in [1.82, 2.24) is 0 Å². The Kier molecular flexibility index (Phi) is 2.22. The van der Waals surface area contributed by atoms with Crippen LogP contribution in [0.4, 0.5) is 0 Å². The topological polar surface area (TPSA) is 55.9 Å². The minimum Gasteiger partial charge on any atom is -0.429 e. The monoisotopic (exact) mass is 304 g/mol. The molecule has 2 aliphatic heterocycles. The molecule has 120 valence electrons. The molecule has 0 amide bonds. The van der Waals surface area contributed by atoms with Crippen molar-refractivity contribution in [2.75, 3.05) is 0 Å². The SMILES string of the molecule is CC12CCCC1C13OC(=O)C4CC(=O)CCC4(C)C1(CC2)O3. The van der Waals surface area contributed by atoms with E-state index in [0.717, 1.165) is 25.7 Å². The summed E-state index contributed by atoms with van der Waals surface area (Å²) in [6.45, 7) is 4.53. The third-order valence-electron chi connectivity index (χ3n) is 8.02. The van der Waals surface area contributed by atoms with Gasteiger partial charge in [-0.15, -0.1) is 0 Å². The lowest BCUT2D eigenvalue weighted by Crippen LogP contribution is -2.62. The second kappa shape index (κ2) is 3.61. The van der Waals surface area contributed by atoms with E-state index in [2.05, 4.69) is 13.8 Å². The number of hydrogen-bond donors (Lipinski definition) is 0. The van der Waals surface area contributed by atoms with Gasteiger partial charge in [0.05, 0.1) is 5.92 Å². The summed E-state index contributed by atoms with van der Waals surface area (Å²) in [6, 6.07) is 0. The average Bonchev–Trinajstić information content (AvgIpc) is 2.99. The number of ether oxygens (including phenoxy) is 2. The highest BCUT2D eigenvalue weighted by atomic mass is 16.8. The number of hydrogen-bond acceptors (Lipinski definition) is 4. The van der Waals surface area contributed by atoms with Crippen molar-refractivity contribution >= 4 is 11.8 Å². The summed E-state index contributed by atoms with van der Waals surface area (Å²) in [7, 11) is 0. The highest BCUT2D eigenvalue weighted by Gasteiger charge is 2.89. The van der Waals surface area contributed by atoms with Crippen LogP contribution < -0.4 is 0 Å². The zero-order valence-electron chi connectivity index (χ0n) is 13.4. The van der Waals surface area contributed by atoms with Gasteiger partial charge in [0.15, 0.2) is 0 Å². The Morgan fingerprint density at radius 3 is 2.73 bits per heavy atom. The van der Waals surface area contributed by atoms with E-state index < -0.39 is 5.79 Å². The molecule has 0 N–H and O–H groups in total. The maximum atomic E-state index is 12.7. The molecule has 0 spiro atoms. The zero-order valence-corrected chi connectivity index (χ0v) is 13.4. The van der Waals surface area contributed by atoms with Gasteiger partial charge in [0.25, 0.3) is 0 Å². The van der Waals surface area contributed by atoms with E-state index >= 15 is 0 Å². The minimum atomic E-state index is -0.667. The molecule has 2 heterocycles. The van der Waals surface area contributed by atoms with Crippen molar-refractivity contribution < 1.29 is 19.1 Å². The Hall–Kier alpha value is -0.900. The van der Waals surface area contributed by atoms with E-state index in [9.17, 15) is 9.59 Å². The van der Waals surface area contributed by atoms with Gasteiger partial charge in [-0.3, -0.25) is 9.59 Å². The van der Waals surface area contributed by atoms with Crippen LogP contribution in [0.3, 0.4) is 0 Å². The van der Waals surface area contributed by atoms with Crippen LogP contribution in [-0.4, -0.2) is 23.1 Å². The molecular weight excluding hydrogens is 280 g/mol. The minimum absolute atomic E-state index is 0.181. The van der Waals surface area contributed by atoms with Gasteiger partial charge in [-0.25, -0.2) is 0 Å². The molecule has 0 bridgehead atoms. The molecule has 5 rings (SSSR count). The van der Waals surface area contributed by atoms with Gasteiger partial charge < -0.3 is 9.47 Å². The maximum Gasteiger partial charge on any atom is 0.312 e. The number of Topliss-reactive ketones (excluding diaryl/α,β-unsaturated/α-hetero) is 1. The molecule has 0 aromatic rings. The Morgan fingerprint density at radius 1 is 1.09 bits per heavy atom. The lowest BCUT2D eigenvalue weighted by molar-refractivity contribution is -0.200. The molecule has 5 aliphatic rings. The summed E-state index contributed by atoms with van der Waals surface area (Å²) in [4.78, 5) is 24.6. The van der Waals surface area contributed by atoms with E-state index in [1.807, 2.05) is 0 Å². The summed E-state index contributed by atoms with van der Waals surface area (Å²) in [6.07, 6.45) is 7.37. The fourth-order valence-electron chi connectivity index (χ4n) is 6.60. The van der Waals surface area contributed by atoms with Crippen molar-refractivity contribution in [3.05, 3.63) is 0 Å². The Balaban J connectivity index is 1.62. The van der Waals surface area contributed by atoms with Crippen LogP contribution in [-0.2, 0) is 19.1 Å². The maximum absolute atomic E-state index is 12.7. The summed E-state index contributed by atoms with van der Waals surface area (Å²) < 4.78 is 12.4. The number of fused-ring (bicyclic) bond motifs is 2. The van der Waals surface area contributed by atoms with Crippen LogP contribution in [0.1, 0.15) is 65.2 Å². The molecular formula is C18H24O4. The van der Waals surface area contributed by atoms with Crippen molar-refractivity contribution in [1.29, 1.82) is 0 Å². The van der Waals surface area contributed by atoms with Crippen LogP contribution in [0.2, 0.25) is 0 Å². The van der Waals surface area contributed by atoms with Crippen LogP contribution in [0.25, 0.3) is 0 Å². The first kappa shape index (κ1) is 13.5. The van der Waals surface area contributed by atoms with Gasteiger partial charge in [0.2, 0.25) is 5.79 Å². The number of carbonyl (C=O) groups excluding carboxylic acids is 2. The van der Waals surface area contributed by atoms with E-state index in [-0.39, 0.29) is 34.1 Å². The van der Waals surface area contributed by atoms with Gasteiger partial charge >= 0.3 is 5.97 Å². The Bertz CT molecular complexity index is 600. The zero-order chi connectivity index (χ0) is 15.4. The number of carbonyl (C=O) groups is 2.